The summed E-state index contributed by atoms with van der Waals surface area (Å²) in [6, 6.07) is 0. The van der Waals surface area contributed by atoms with Crippen LogP contribution in [0.5, 0.6) is 0 Å². The fourth-order valence-corrected chi connectivity index (χ4v) is 4.08. The van der Waals surface area contributed by atoms with Crippen molar-refractivity contribution in [2.24, 2.45) is 0 Å². The van der Waals surface area contributed by atoms with E-state index >= 15 is 0 Å². The summed E-state index contributed by atoms with van der Waals surface area (Å²) in [5.74, 6) is 0.0856. The number of rotatable bonds is 6. The third kappa shape index (κ3) is 11.7. The molecule has 0 aromatic carbocycles. The summed E-state index contributed by atoms with van der Waals surface area (Å²) in [4.78, 5) is 38.1. The molecular weight excluding hydrogens is 554 g/mol. The number of nitrogen functional groups attached to an aromatic ring is 1. The molecule has 0 bridgehead atoms. The number of anilines is 1. The van der Waals surface area contributed by atoms with Gasteiger partial charge in [-0.2, -0.15) is 4.31 Å². The smallest absolute Gasteiger partial charge is 1.00 e. The van der Waals surface area contributed by atoms with Crippen LogP contribution >= 0.6 is 15.6 Å². The topological polar surface area (TPSA) is 422 Å². The van der Waals surface area contributed by atoms with Gasteiger partial charge in [-0.15, -0.1) is 0 Å². The Labute approximate surface area is 242 Å². The van der Waals surface area contributed by atoms with E-state index in [0.29, 0.717) is 0 Å². The molecule has 25 heteroatoms. The van der Waals surface area contributed by atoms with Gasteiger partial charge in [-0.3, -0.25) is 9.09 Å². The summed E-state index contributed by atoms with van der Waals surface area (Å²) in [5.41, 5.74) is 6.11. The number of hydrogen-bond donors (Lipinski definition) is 6. The van der Waals surface area contributed by atoms with E-state index in [1.807, 2.05) is 0 Å². The Bertz CT molecular complexity index is 962. The number of fused-ring (bicyclic) bond motifs is 1. The van der Waals surface area contributed by atoms with Gasteiger partial charge in [0.05, 0.1) is 12.9 Å². The van der Waals surface area contributed by atoms with Crippen molar-refractivity contribution in [3.05, 3.63) is 12.7 Å². The SMILES string of the molecule is Nc1ncnc2c1ncn2[C@@H]1O[C@H](COP(=O)(O)OP(=O)(O)O)C(O)C1O.O.O.O.O.O.O.[H-].[H-].[Na+].[Na+]. The zero-order valence-electron chi connectivity index (χ0n) is 20.2. The maximum Gasteiger partial charge on any atom is 1.00 e. The number of aromatic nitrogens is 4. The molecule has 3 unspecified atom stereocenters. The van der Waals surface area contributed by atoms with Crippen LogP contribution in [0.3, 0.4) is 0 Å². The molecule has 35 heavy (non-hydrogen) atoms. The van der Waals surface area contributed by atoms with E-state index in [9.17, 15) is 24.2 Å². The minimum absolute atomic E-state index is 0. The Balaban J connectivity index is -0.000000140. The molecule has 19 N–H and O–H groups in total. The van der Waals surface area contributed by atoms with Crippen molar-refractivity contribution in [2.45, 2.75) is 24.5 Å². The van der Waals surface area contributed by atoms with Gasteiger partial charge in [0.25, 0.3) is 0 Å². The first-order valence-corrected chi connectivity index (χ1v) is 10.2. The number of aliphatic hydroxyl groups excluding tert-OH is 2. The number of ether oxygens (including phenoxy) is 1. The Morgan fingerprint density at radius 2 is 1.54 bits per heavy atom. The number of aliphatic hydroxyl groups is 2. The summed E-state index contributed by atoms with van der Waals surface area (Å²) in [6.07, 6.45) is -3.20. The molecule has 21 nitrogen and oxygen atoms in total. The van der Waals surface area contributed by atoms with Crippen LogP contribution < -0.4 is 64.8 Å². The van der Waals surface area contributed by atoms with Gasteiger partial charge < -0.3 is 71.1 Å². The van der Waals surface area contributed by atoms with Crippen molar-refractivity contribution in [1.29, 1.82) is 0 Å². The summed E-state index contributed by atoms with van der Waals surface area (Å²) < 4.78 is 36.8. The van der Waals surface area contributed by atoms with Crippen molar-refractivity contribution in [1.82, 2.24) is 19.5 Å². The molecule has 2 aromatic heterocycles. The molecule has 5 atom stereocenters. The maximum absolute atomic E-state index is 11.5. The monoisotopic (exact) mass is 583 g/mol. The Hall–Kier alpha value is 0.250. The maximum atomic E-state index is 11.5. The fraction of sp³-hybridized carbons (Fsp3) is 0.500. The van der Waals surface area contributed by atoms with E-state index < -0.39 is 46.8 Å². The van der Waals surface area contributed by atoms with E-state index in [-0.39, 0.29) is 112 Å². The van der Waals surface area contributed by atoms with Crippen LogP contribution in [0.4, 0.5) is 5.82 Å². The van der Waals surface area contributed by atoms with Crippen molar-refractivity contribution in [3.8, 4) is 0 Å². The molecule has 3 heterocycles. The number of phosphoric ester groups is 1. The number of hydrogen-bond acceptors (Lipinski definition) is 11. The first-order chi connectivity index (χ1) is 12.5. The number of nitrogens with two attached hydrogens (primary N) is 1. The zero-order chi connectivity index (χ0) is 20.0. The molecule has 0 radical (unpaired) electrons. The van der Waals surface area contributed by atoms with Crippen molar-refractivity contribution >= 4 is 32.6 Å². The molecular formula is C10H29N5Na2O16P2. The van der Waals surface area contributed by atoms with Crippen LogP contribution in [-0.4, -0.2) is 102 Å². The minimum Gasteiger partial charge on any atom is -1.00 e. The van der Waals surface area contributed by atoms with Crippen LogP contribution in [-0.2, 0) is 22.7 Å². The first kappa shape index (κ1) is 48.3. The zero-order valence-corrected chi connectivity index (χ0v) is 24.0. The molecule has 0 amide bonds. The van der Waals surface area contributed by atoms with Gasteiger partial charge >= 0.3 is 74.8 Å². The predicted octanol–water partition coefficient (Wildman–Crippen LogP) is -12.5. The molecule has 2 aromatic rings. The molecule has 1 aliphatic heterocycles. The molecule has 0 saturated carbocycles. The Morgan fingerprint density at radius 1 is 1.00 bits per heavy atom. The largest absolute Gasteiger partial charge is 1.00 e. The van der Waals surface area contributed by atoms with E-state index in [2.05, 4.69) is 23.8 Å². The Morgan fingerprint density at radius 3 is 2.06 bits per heavy atom. The normalized spacial score (nSPS) is 22.0. The quantitative estimate of drug-likeness (QED) is 0.136. The van der Waals surface area contributed by atoms with Crippen molar-refractivity contribution in [2.75, 3.05) is 12.3 Å². The molecule has 202 valence electrons. The minimum atomic E-state index is -5.29. The van der Waals surface area contributed by atoms with Crippen LogP contribution in [0.15, 0.2) is 12.7 Å². The molecule has 0 aliphatic carbocycles. The van der Waals surface area contributed by atoms with E-state index in [1.165, 1.54) is 10.9 Å². The number of phosphoric acid groups is 2. The molecule has 1 aliphatic rings. The van der Waals surface area contributed by atoms with Gasteiger partial charge in [0.15, 0.2) is 17.7 Å². The van der Waals surface area contributed by atoms with E-state index in [4.69, 9.17) is 20.3 Å². The predicted molar refractivity (Wildman–Crippen MR) is 108 cm³/mol. The second kappa shape index (κ2) is 18.5. The van der Waals surface area contributed by atoms with Crippen LogP contribution in [0, 0.1) is 0 Å². The molecule has 1 fully saturated rings. The second-order valence-corrected chi connectivity index (χ2v) is 8.30. The van der Waals surface area contributed by atoms with Crippen LogP contribution in [0.25, 0.3) is 11.2 Å². The summed E-state index contributed by atoms with van der Waals surface area (Å²) >= 11 is 0. The third-order valence-electron chi connectivity index (χ3n) is 3.61. The van der Waals surface area contributed by atoms with Crippen molar-refractivity contribution < 1.29 is 142 Å². The number of nitrogens with zero attached hydrogens (tertiary/aromatic N) is 4. The van der Waals surface area contributed by atoms with E-state index in [1.54, 1.807) is 0 Å². The standard InChI is InChI=1S/C10H15N5O10P2.2Na.6H2O.2H/c11-8-5-9(13-2-12-8)15(3-14-5)10-7(17)6(16)4(24-10)1-23-27(21,22)25-26(18,19)20;;;;;;;;;;/h2-4,6-7,10,16-17H,1H2,(H,21,22)(H2,11,12,13)(H2,18,19,20);;;6*1H2;;/q;2*+1;;;;;;;2*-1/t4-,6?,7?,10-;;;;;;;;;;/m1........../s1. The fourth-order valence-electron chi connectivity index (χ4n) is 2.48. The van der Waals surface area contributed by atoms with Gasteiger partial charge in [0.1, 0.15) is 30.2 Å². The summed E-state index contributed by atoms with van der Waals surface area (Å²) in [7, 11) is -10.4. The molecule has 3 rings (SSSR count). The molecule has 0 spiro atoms. The summed E-state index contributed by atoms with van der Waals surface area (Å²) in [6.45, 7) is -0.813. The van der Waals surface area contributed by atoms with Crippen molar-refractivity contribution in [3.63, 3.8) is 0 Å². The third-order valence-corrected chi connectivity index (χ3v) is 5.76. The summed E-state index contributed by atoms with van der Waals surface area (Å²) in [5, 5.41) is 20.3. The van der Waals surface area contributed by atoms with Gasteiger partial charge in [-0.25, -0.2) is 24.1 Å². The van der Waals surface area contributed by atoms with Gasteiger partial charge in [-0.1, -0.05) is 0 Å². The van der Waals surface area contributed by atoms with Gasteiger partial charge in [0.2, 0.25) is 0 Å². The van der Waals surface area contributed by atoms with Gasteiger partial charge in [0, 0.05) is 0 Å². The number of imidazole rings is 1. The molecule has 1 saturated heterocycles. The van der Waals surface area contributed by atoms with Crippen LogP contribution in [0.1, 0.15) is 9.08 Å². The van der Waals surface area contributed by atoms with E-state index in [0.717, 1.165) is 6.33 Å². The average Bonchev–Trinajstić information content (AvgIpc) is 3.07. The average molecular weight is 583 g/mol. The van der Waals surface area contributed by atoms with Crippen LogP contribution in [0.2, 0.25) is 0 Å². The van der Waals surface area contributed by atoms with Gasteiger partial charge in [-0.05, 0) is 0 Å². The second-order valence-electron chi connectivity index (χ2n) is 5.47. The Kier molecular flexibility index (Phi) is 25.5. The first-order valence-electron chi connectivity index (χ1n) is 7.17.